The van der Waals surface area contributed by atoms with Crippen molar-refractivity contribution in [2.75, 3.05) is 25.0 Å². The number of nitrogens with zero attached hydrogens (tertiary/aromatic N) is 1. The van der Waals surface area contributed by atoms with Crippen LogP contribution >= 0.6 is 0 Å². The molecule has 1 aliphatic rings. The van der Waals surface area contributed by atoms with Gasteiger partial charge in [0.05, 0.1) is 13.2 Å². The highest BCUT2D eigenvalue weighted by atomic mass is 16.3. The van der Waals surface area contributed by atoms with Gasteiger partial charge in [-0.05, 0) is 43.9 Å². The molecule has 110 valence electrons. The van der Waals surface area contributed by atoms with Gasteiger partial charge in [0, 0.05) is 11.7 Å². The van der Waals surface area contributed by atoms with Gasteiger partial charge in [0.25, 0.3) is 0 Å². The zero-order chi connectivity index (χ0) is 14.5. The summed E-state index contributed by atoms with van der Waals surface area (Å²) in [5.41, 5.74) is 3.20. The number of nitrogens with one attached hydrogen (secondary N) is 1. The lowest BCUT2D eigenvalue weighted by molar-refractivity contribution is -0.117. The molecule has 4 heteroatoms. The van der Waals surface area contributed by atoms with Gasteiger partial charge in [-0.3, -0.25) is 9.69 Å². The van der Waals surface area contributed by atoms with Crippen molar-refractivity contribution in [1.29, 1.82) is 0 Å². The van der Waals surface area contributed by atoms with Crippen LogP contribution in [0.15, 0.2) is 18.2 Å². The van der Waals surface area contributed by atoms with Crippen LogP contribution in [-0.4, -0.2) is 41.7 Å². The number of aryl methyl sites for hydroxylation is 2. The Balaban J connectivity index is 2.01. The Morgan fingerprint density at radius 2 is 2.30 bits per heavy atom. The van der Waals surface area contributed by atoms with E-state index in [1.165, 1.54) is 5.56 Å². The Hall–Kier alpha value is -1.39. The van der Waals surface area contributed by atoms with Crippen LogP contribution in [-0.2, 0) is 11.2 Å². The highest BCUT2D eigenvalue weighted by Gasteiger charge is 2.25. The van der Waals surface area contributed by atoms with E-state index in [-0.39, 0.29) is 18.6 Å². The first-order valence-corrected chi connectivity index (χ1v) is 7.39. The molecule has 4 nitrogen and oxygen atoms in total. The van der Waals surface area contributed by atoms with Gasteiger partial charge in [0.2, 0.25) is 5.91 Å². The SMILES string of the molecule is CCc1cccc(C)c1NC(=O)CN1CCC[C@@H]1CO. The fraction of sp³-hybridized carbons (Fsp3) is 0.562. The maximum absolute atomic E-state index is 12.2. The normalized spacial score (nSPS) is 19.2. The topological polar surface area (TPSA) is 52.6 Å². The van der Waals surface area contributed by atoms with Crippen molar-refractivity contribution >= 4 is 11.6 Å². The average Bonchev–Trinajstić information content (AvgIpc) is 2.88. The van der Waals surface area contributed by atoms with Crippen molar-refractivity contribution in [3.8, 4) is 0 Å². The number of para-hydroxylation sites is 1. The minimum absolute atomic E-state index is 0.00866. The fourth-order valence-electron chi connectivity index (χ4n) is 2.88. The van der Waals surface area contributed by atoms with Crippen LogP contribution in [0.3, 0.4) is 0 Å². The summed E-state index contributed by atoms with van der Waals surface area (Å²) in [5, 5.41) is 12.3. The monoisotopic (exact) mass is 276 g/mol. The zero-order valence-corrected chi connectivity index (χ0v) is 12.4. The predicted molar refractivity (Wildman–Crippen MR) is 80.9 cm³/mol. The first-order valence-electron chi connectivity index (χ1n) is 7.39. The number of amides is 1. The highest BCUT2D eigenvalue weighted by Crippen LogP contribution is 2.22. The van der Waals surface area contributed by atoms with Gasteiger partial charge in [-0.15, -0.1) is 0 Å². The fourth-order valence-corrected chi connectivity index (χ4v) is 2.88. The first kappa shape index (κ1) is 15.0. The summed E-state index contributed by atoms with van der Waals surface area (Å²) in [4.78, 5) is 14.3. The number of hydrogen-bond donors (Lipinski definition) is 2. The zero-order valence-electron chi connectivity index (χ0n) is 12.4. The molecule has 20 heavy (non-hydrogen) atoms. The summed E-state index contributed by atoms with van der Waals surface area (Å²) in [7, 11) is 0. The maximum atomic E-state index is 12.2. The van der Waals surface area contributed by atoms with Crippen molar-refractivity contribution in [3.63, 3.8) is 0 Å². The van der Waals surface area contributed by atoms with Crippen LogP contribution in [0.4, 0.5) is 5.69 Å². The summed E-state index contributed by atoms with van der Waals surface area (Å²) in [6.07, 6.45) is 2.94. The number of carbonyl (C=O) groups is 1. The Morgan fingerprint density at radius 1 is 1.50 bits per heavy atom. The van der Waals surface area contributed by atoms with Crippen LogP contribution in [0.2, 0.25) is 0 Å². The first-order chi connectivity index (χ1) is 9.65. The molecule has 1 amide bonds. The molecule has 1 saturated heterocycles. The van der Waals surface area contributed by atoms with Crippen molar-refractivity contribution < 1.29 is 9.90 Å². The van der Waals surface area contributed by atoms with Crippen LogP contribution in [0.1, 0.15) is 30.9 Å². The molecule has 1 aliphatic heterocycles. The van der Waals surface area contributed by atoms with E-state index in [0.717, 1.165) is 37.1 Å². The lowest BCUT2D eigenvalue weighted by atomic mass is 10.1. The van der Waals surface area contributed by atoms with E-state index in [9.17, 15) is 9.90 Å². The van der Waals surface area contributed by atoms with E-state index in [4.69, 9.17) is 0 Å². The van der Waals surface area contributed by atoms with E-state index in [2.05, 4.69) is 23.2 Å². The van der Waals surface area contributed by atoms with Gasteiger partial charge in [0.15, 0.2) is 0 Å². The predicted octanol–water partition coefficient (Wildman–Crippen LogP) is 1.95. The Labute approximate surface area is 120 Å². The van der Waals surface area contributed by atoms with Crippen molar-refractivity contribution in [2.24, 2.45) is 0 Å². The highest BCUT2D eigenvalue weighted by molar-refractivity contribution is 5.93. The van der Waals surface area contributed by atoms with Gasteiger partial charge in [-0.1, -0.05) is 25.1 Å². The molecule has 0 aromatic heterocycles. The standard InChI is InChI=1S/C16H24N2O2/c1-3-13-7-4-6-12(2)16(13)17-15(20)10-18-9-5-8-14(18)11-19/h4,6-7,14,19H,3,5,8-11H2,1-2H3,(H,17,20)/t14-/m1/s1. The third-order valence-electron chi connectivity index (χ3n) is 4.06. The summed E-state index contributed by atoms with van der Waals surface area (Å²) < 4.78 is 0. The smallest absolute Gasteiger partial charge is 0.238 e. The third-order valence-corrected chi connectivity index (χ3v) is 4.06. The number of hydrogen-bond acceptors (Lipinski definition) is 3. The summed E-state index contributed by atoms with van der Waals surface area (Å²) >= 11 is 0. The molecular weight excluding hydrogens is 252 g/mol. The van der Waals surface area contributed by atoms with E-state index in [0.29, 0.717) is 6.54 Å². The Morgan fingerprint density at radius 3 is 3.00 bits per heavy atom. The number of aliphatic hydroxyl groups excluding tert-OH is 1. The second-order valence-electron chi connectivity index (χ2n) is 5.46. The van der Waals surface area contributed by atoms with Gasteiger partial charge in [-0.25, -0.2) is 0 Å². The molecule has 0 spiro atoms. The maximum Gasteiger partial charge on any atom is 0.238 e. The van der Waals surface area contributed by atoms with Crippen LogP contribution in [0.25, 0.3) is 0 Å². The molecule has 0 bridgehead atoms. The number of likely N-dealkylation sites (tertiary alicyclic amines) is 1. The minimum Gasteiger partial charge on any atom is -0.395 e. The lowest BCUT2D eigenvalue weighted by Gasteiger charge is -2.22. The Kier molecular flexibility index (Phi) is 5.15. The molecule has 1 atom stereocenters. The van der Waals surface area contributed by atoms with E-state index in [1.807, 2.05) is 19.1 Å². The minimum atomic E-state index is 0.00866. The van der Waals surface area contributed by atoms with Gasteiger partial charge in [-0.2, -0.15) is 0 Å². The molecule has 0 saturated carbocycles. The van der Waals surface area contributed by atoms with Gasteiger partial charge < -0.3 is 10.4 Å². The van der Waals surface area contributed by atoms with Crippen molar-refractivity contribution in [3.05, 3.63) is 29.3 Å². The number of aliphatic hydroxyl groups is 1. The number of anilines is 1. The second-order valence-corrected chi connectivity index (χ2v) is 5.46. The van der Waals surface area contributed by atoms with E-state index < -0.39 is 0 Å². The summed E-state index contributed by atoms with van der Waals surface area (Å²) in [6, 6.07) is 6.23. The molecular formula is C16H24N2O2. The molecule has 1 aromatic rings. The van der Waals surface area contributed by atoms with Crippen molar-refractivity contribution in [2.45, 2.75) is 39.2 Å². The Bertz CT molecular complexity index is 474. The number of rotatable bonds is 5. The second kappa shape index (κ2) is 6.86. The molecule has 0 aliphatic carbocycles. The van der Waals surface area contributed by atoms with Crippen LogP contribution in [0.5, 0.6) is 0 Å². The molecule has 2 rings (SSSR count). The van der Waals surface area contributed by atoms with E-state index in [1.54, 1.807) is 0 Å². The summed E-state index contributed by atoms with van der Waals surface area (Å²) in [6.45, 7) is 5.50. The number of benzene rings is 1. The van der Waals surface area contributed by atoms with Crippen LogP contribution in [0, 0.1) is 6.92 Å². The molecule has 0 unspecified atom stereocenters. The van der Waals surface area contributed by atoms with E-state index >= 15 is 0 Å². The molecule has 0 radical (unpaired) electrons. The van der Waals surface area contributed by atoms with Crippen LogP contribution < -0.4 is 5.32 Å². The summed E-state index contributed by atoms with van der Waals surface area (Å²) in [5.74, 6) is 0.00866. The van der Waals surface area contributed by atoms with Crippen molar-refractivity contribution in [1.82, 2.24) is 4.90 Å². The molecule has 1 heterocycles. The van der Waals surface area contributed by atoms with Gasteiger partial charge >= 0.3 is 0 Å². The number of carbonyl (C=O) groups excluding carboxylic acids is 1. The third kappa shape index (κ3) is 3.38. The average molecular weight is 276 g/mol. The quantitative estimate of drug-likeness (QED) is 0.864. The lowest BCUT2D eigenvalue weighted by Crippen LogP contribution is -2.38. The largest absolute Gasteiger partial charge is 0.395 e. The van der Waals surface area contributed by atoms with Gasteiger partial charge in [0.1, 0.15) is 0 Å². The molecule has 1 fully saturated rings. The molecule has 1 aromatic carbocycles. The molecule has 2 N–H and O–H groups in total.